The lowest BCUT2D eigenvalue weighted by atomic mass is 9.82. The Morgan fingerprint density at radius 3 is 2.48 bits per heavy atom. The molecule has 1 heterocycles. The monoisotopic (exact) mass is 318 g/mol. The quantitative estimate of drug-likeness (QED) is 0.815. The maximum atomic E-state index is 12.4. The van der Waals surface area contributed by atoms with Gasteiger partial charge in [0, 0.05) is 19.6 Å². The summed E-state index contributed by atoms with van der Waals surface area (Å²) in [7, 11) is -1.95. The number of sulfonamides is 1. The van der Waals surface area contributed by atoms with Crippen LogP contribution in [0, 0.1) is 5.92 Å². The molecular formula is C14H26N2O4S. The zero-order valence-electron chi connectivity index (χ0n) is 12.9. The Labute approximate surface area is 127 Å². The number of hydrogen-bond donors (Lipinski definition) is 1. The number of likely N-dealkylation sites (N-methyl/N-ethyl adjacent to an activating group) is 1. The fraction of sp³-hybridized carbons (Fsp3) is 0.929. The number of carbonyl (C=O) groups excluding carboxylic acids is 1. The van der Waals surface area contributed by atoms with E-state index in [0.717, 1.165) is 23.4 Å². The molecule has 122 valence electrons. The summed E-state index contributed by atoms with van der Waals surface area (Å²) in [6, 6.07) is 0.0701. The van der Waals surface area contributed by atoms with Gasteiger partial charge in [-0.15, -0.1) is 0 Å². The molecule has 1 aliphatic carbocycles. The van der Waals surface area contributed by atoms with Crippen molar-refractivity contribution in [2.45, 2.75) is 50.7 Å². The van der Waals surface area contributed by atoms with Crippen LogP contribution in [0.2, 0.25) is 0 Å². The molecule has 2 aliphatic rings. The minimum Gasteiger partial charge on any atom is -0.391 e. The molecule has 0 radical (unpaired) electrons. The molecule has 1 saturated carbocycles. The second-order valence-corrected chi connectivity index (χ2v) is 8.51. The van der Waals surface area contributed by atoms with Crippen LogP contribution in [0.15, 0.2) is 0 Å². The first-order chi connectivity index (χ1) is 9.79. The van der Waals surface area contributed by atoms with Crippen molar-refractivity contribution < 1.29 is 18.3 Å². The van der Waals surface area contributed by atoms with Crippen molar-refractivity contribution >= 4 is 15.9 Å². The Balaban J connectivity index is 2.03. The summed E-state index contributed by atoms with van der Waals surface area (Å²) >= 11 is 0. The van der Waals surface area contributed by atoms with Crippen LogP contribution in [-0.2, 0) is 14.8 Å². The van der Waals surface area contributed by atoms with Crippen LogP contribution in [-0.4, -0.2) is 67.2 Å². The molecular weight excluding hydrogens is 292 g/mol. The maximum absolute atomic E-state index is 12.4. The van der Waals surface area contributed by atoms with E-state index >= 15 is 0 Å². The number of amides is 1. The largest absolute Gasteiger partial charge is 0.391 e. The minimum absolute atomic E-state index is 0.0701. The lowest BCUT2D eigenvalue weighted by Gasteiger charge is -2.34. The second kappa shape index (κ2) is 6.62. The fourth-order valence-corrected chi connectivity index (χ4v) is 3.84. The second-order valence-electron chi connectivity index (χ2n) is 6.42. The minimum atomic E-state index is -3.36. The Morgan fingerprint density at radius 2 is 1.90 bits per heavy atom. The SMILES string of the molecule is CN(CC(=O)N1C[C@@H](O)C[C@H]1C1CCCCC1)S(C)(=O)=O. The Kier molecular flexibility index (Phi) is 5.27. The molecule has 6 nitrogen and oxygen atoms in total. The number of carbonyl (C=O) groups is 1. The number of rotatable bonds is 4. The smallest absolute Gasteiger partial charge is 0.238 e. The van der Waals surface area contributed by atoms with E-state index < -0.39 is 16.1 Å². The third kappa shape index (κ3) is 4.17. The van der Waals surface area contributed by atoms with Gasteiger partial charge in [-0.1, -0.05) is 19.3 Å². The van der Waals surface area contributed by atoms with Crippen molar-refractivity contribution in [2.75, 3.05) is 26.4 Å². The van der Waals surface area contributed by atoms with Gasteiger partial charge in [0.05, 0.1) is 18.9 Å². The molecule has 1 aliphatic heterocycles. The average molecular weight is 318 g/mol. The van der Waals surface area contributed by atoms with Crippen LogP contribution in [0.1, 0.15) is 38.5 Å². The molecule has 0 aromatic heterocycles. The topological polar surface area (TPSA) is 77.9 Å². The van der Waals surface area contributed by atoms with Crippen LogP contribution in [0.5, 0.6) is 0 Å². The van der Waals surface area contributed by atoms with Crippen LogP contribution in [0.4, 0.5) is 0 Å². The summed E-state index contributed by atoms with van der Waals surface area (Å²) in [5, 5.41) is 9.92. The van der Waals surface area contributed by atoms with Crippen molar-refractivity contribution in [1.82, 2.24) is 9.21 Å². The maximum Gasteiger partial charge on any atom is 0.238 e. The van der Waals surface area contributed by atoms with Crippen molar-refractivity contribution in [3.8, 4) is 0 Å². The predicted molar refractivity (Wildman–Crippen MR) is 80.2 cm³/mol. The first-order valence-electron chi connectivity index (χ1n) is 7.68. The molecule has 7 heteroatoms. The van der Waals surface area contributed by atoms with Gasteiger partial charge in [-0.05, 0) is 25.2 Å². The van der Waals surface area contributed by atoms with Crippen LogP contribution in [0.3, 0.4) is 0 Å². The fourth-order valence-electron chi connectivity index (χ4n) is 3.49. The summed E-state index contributed by atoms with van der Waals surface area (Å²) < 4.78 is 23.9. The van der Waals surface area contributed by atoms with Crippen molar-refractivity contribution in [2.24, 2.45) is 5.92 Å². The molecule has 2 fully saturated rings. The molecule has 1 N–H and O–H groups in total. The number of aliphatic hydroxyl groups excluding tert-OH is 1. The normalized spacial score (nSPS) is 28.3. The van der Waals surface area contributed by atoms with Gasteiger partial charge in [-0.3, -0.25) is 4.79 Å². The van der Waals surface area contributed by atoms with Crippen molar-refractivity contribution in [3.05, 3.63) is 0 Å². The molecule has 0 unspecified atom stereocenters. The molecule has 0 spiro atoms. The van der Waals surface area contributed by atoms with E-state index in [9.17, 15) is 18.3 Å². The molecule has 2 rings (SSSR count). The van der Waals surface area contributed by atoms with E-state index in [1.165, 1.54) is 26.3 Å². The summed E-state index contributed by atoms with van der Waals surface area (Å²) in [6.45, 7) is 0.187. The molecule has 2 atom stereocenters. The summed E-state index contributed by atoms with van der Waals surface area (Å²) in [4.78, 5) is 14.1. The number of nitrogens with zero attached hydrogens (tertiary/aromatic N) is 2. The average Bonchev–Trinajstić information content (AvgIpc) is 2.81. The Hall–Kier alpha value is -0.660. The number of likely N-dealkylation sites (tertiary alicyclic amines) is 1. The van der Waals surface area contributed by atoms with E-state index in [1.54, 1.807) is 4.90 Å². The van der Waals surface area contributed by atoms with Gasteiger partial charge < -0.3 is 10.0 Å². The van der Waals surface area contributed by atoms with E-state index in [-0.39, 0.29) is 18.5 Å². The van der Waals surface area contributed by atoms with E-state index in [1.807, 2.05) is 0 Å². The highest BCUT2D eigenvalue weighted by molar-refractivity contribution is 7.88. The molecule has 21 heavy (non-hydrogen) atoms. The molecule has 0 bridgehead atoms. The van der Waals surface area contributed by atoms with Crippen LogP contribution >= 0.6 is 0 Å². The van der Waals surface area contributed by atoms with Gasteiger partial charge in [0.15, 0.2) is 0 Å². The predicted octanol–water partition coefficient (Wildman–Crippen LogP) is 0.420. The standard InChI is InChI=1S/C14H26N2O4S/c1-15(21(2,19)20)10-14(18)16-9-12(17)8-13(16)11-6-4-3-5-7-11/h11-13,17H,3-10H2,1-2H3/t12-,13-/m0/s1. The molecule has 1 saturated heterocycles. The summed E-state index contributed by atoms with van der Waals surface area (Å²) in [5.74, 6) is 0.249. The third-order valence-electron chi connectivity index (χ3n) is 4.76. The first kappa shape index (κ1) is 16.7. The number of hydrogen-bond acceptors (Lipinski definition) is 4. The third-order valence-corrected chi connectivity index (χ3v) is 6.02. The highest BCUT2D eigenvalue weighted by Gasteiger charge is 2.39. The molecule has 1 amide bonds. The highest BCUT2D eigenvalue weighted by atomic mass is 32.2. The zero-order chi connectivity index (χ0) is 15.6. The summed E-state index contributed by atoms with van der Waals surface area (Å²) in [5.41, 5.74) is 0. The van der Waals surface area contributed by atoms with E-state index in [0.29, 0.717) is 18.9 Å². The molecule has 0 aromatic carbocycles. The lowest BCUT2D eigenvalue weighted by Crippen LogP contribution is -2.46. The van der Waals surface area contributed by atoms with E-state index in [2.05, 4.69) is 0 Å². The number of aliphatic hydroxyl groups is 1. The lowest BCUT2D eigenvalue weighted by molar-refractivity contribution is -0.133. The Bertz CT molecular complexity index is 473. The van der Waals surface area contributed by atoms with Gasteiger partial charge in [0.25, 0.3) is 0 Å². The highest BCUT2D eigenvalue weighted by Crippen LogP contribution is 2.34. The van der Waals surface area contributed by atoms with Gasteiger partial charge in [0.1, 0.15) is 0 Å². The van der Waals surface area contributed by atoms with Crippen LogP contribution < -0.4 is 0 Å². The van der Waals surface area contributed by atoms with Crippen LogP contribution in [0.25, 0.3) is 0 Å². The van der Waals surface area contributed by atoms with Crippen molar-refractivity contribution in [3.63, 3.8) is 0 Å². The molecule has 0 aromatic rings. The first-order valence-corrected chi connectivity index (χ1v) is 9.52. The zero-order valence-corrected chi connectivity index (χ0v) is 13.7. The van der Waals surface area contributed by atoms with Gasteiger partial charge in [-0.25, -0.2) is 8.42 Å². The van der Waals surface area contributed by atoms with Crippen molar-refractivity contribution in [1.29, 1.82) is 0 Å². The Morgan fingerprint density at radius 1 is 1.29 bits per heavy atom. The summed E-state index contributed by atoms with van der Waals surface area (Å²) in [6.07, 6.45) is 7.05. The van der Waals surface area contributed by atoms with Gasteiger partial charge in [-0.2, -0.15) is 4.31 Å². The van der Waals surface area contributed by atoms with E-state index in [4.69, 9.17) is 0 Å². The van der Waals surface area contributed by atoms with Gasteiger partial charge in [0.2, 0.25) is 15.9 Å². The van der Waals surface area contributed by atoms with Gasteiger partial charge >= 0.3 is 0 Å². The number of β-amino-alcohol motifs (C(OH)–C–C–N with tert-alkyl or cyclic N) is 1.